The van der Waals surface area contributed by atoms with Crippen LogP contribution in [-0.4, -0.2) is 65.1 Å². The van der Waals surface area contributed by atoms with Crippen molar-refractivity contribution >= 4 is 17.7 Å². The molecule has 1 atom stereocenters. The third kappa shape index (κ3) is 9.90. The Labute approximate surface area is 152 Å². The van der Waals surface area contributed by atoms with Crippen LogP contribution in [0.4, 0.5) is 0 Å². The van der Waals surface area contributed by atoms with Gasteiger partial charge in [-0.1, -0.05) is 0 Å². The van der Waals surface area contributed by atoms with Crippen LogP contribution in [0.3, 0.4) is 0 Å². The molecule has 9 nitrogen and oxygen atoms in total. The van der Waals surface area contributed by atoms with Gasteiger partial charge in [0, 0.05) is 31.5 Å². The molecule has 0 saturated carbocycles. The van der Waals surface area contributed by atoms with E-state index in [4.69, 9.17) is 4.74 Å². The van der Waals surface area contributed by atoms with E-state index in [1.807, 2.05) is 6.92 Å². The van der Waals surface area contributed by atoms with Crippen molar-refractivity contribution in [3.63, 3.8) is 0 Å². The molecule has 0 aliphatic carbocycles. The number of unbranched alkanes of at least 4 members (excludes halogenated alkanes) is 1. The number of ketones is 1. The number of H-pyrrole nitrogens is 1. The fourth-order valence-electron chi connectivity index (χ4n) is 2.28. The van der Waals surface area contributed by atoms with Gasteiger partial charge in [-0.3, -0.25) is 19.7 Å². The van der Waals surface area contributed by atoms with Crippen molar-refractivity contribution in [3.8, 4) is 0 Å². The molecule has 0 spiro atoms. The van der Waals surface area contributed by atoms with E-state index in [0.717, 1.165) is 5.69 Å². The van der Waals surface area contributed by atoms with Crippen LogP contribution in [-0.2, 0) is 25.5 Å². The van der Waals surface area contributed by atoms with Gasteiger partial charge >= 0.3 is 5.97 Å². The molecule has 1 heterocycles. The summed E-state index contributed by atoms with van der Waals surface area (Å²) in [6.07, 6.45) is 5.78. The summed E-state index contributed by atoms with van der Waals surface area (Å²) in [5.41, 5.74) is 0.875. The molecule has 0 aliphatic heterocycles. The molecule has 1 aromatic rings. The highest BCUT2D eigenvalue weighted by molar-refractivity contribution is 5.82. The summed E-state index contributed by atoms with van der Waals surface area (Å²) in [4.78, 5) is 41.3. The minimum Gasteiger partial charge on any atom is -0.480 e. The van der Waals surface area contributed by atoms with Gasteiger partial charge in [-0.25, -0.2) is 4.98 Å². The van der Waals surface area contributed by atoms with Crippen LogP contribution in [0.1, 0.15) is 38.3 Å². The van der Waals surface area contributed by atoms with E-state index in [1.165, 1.54) is 0 Å². The summed E-state index contributed by atoms with van der Waals surface area (Å²) in [6, 6.07) is -0.773. The number of nitrogens with zero attached hydrogens (tertiary/aromatic N) is 1. The molecule has 26 heavy (non-hydrogen) atoms. The Morgan fingerprint density at radius 3 is 2.81 bits per heavy atom. The van der Waals surface area contributed by atoms with Crippen LogP contribution >= 0.6 is 0 Å². The first-order chi connectivity index (χ1) is 12.5. The van der Waals surface area contributed by atoms with Crippen LogP contribution in [0.5, 0.6) is 0 Å². The third-order valence-electron chi connectivity index (χ3n) is 3.75. The Hall–Kier alpha value is -2.26. The topological polar surface area (TPSA) is 133 Å². The molecule has 4 N–H and O–H groups in total. The first-order valence-electron chi connectivity index (χ1n) is 8.82. The van der Waals surface area contributed by atoms with Crippen molar-refractivity contribution in [1.82, 2.24) is 20.6 Å². The van der Waals surface area contributed by atoms with E-state index in [-0.39, 0.29) is 24.8 Å². The number of hydrogen-bond donors (Lipinski definition) is 4. The van der Waals surface area contributed by atoms with E-state index >= 15 is 0 Å². The van der Waals surface area contributed by atoms with Crippen LogP contribution in [0, 0.1) is 0 Å². The van der Waals surface area contributed by atoms with Crippen molar-refractivity contribution in [3.05, 3.63) is 18.2 Å². The highest BCUT2D eigenvalue weighted by atomic mass is 16.5. The highest BCUT2D eigenvalue weighted by Crippen LogP contribution is 2.02. The van der Waals surface area contributed by atoms with E-state index in [0.29, 0.717) is 45.3 Å². The number of aliphatic carboxylic acids is 1. The number of aromatic amines is 1. The van der Waals surface area contributed by atoms with Crippen LogP contribution in [0.25, 0.3) is 0 Å². The quantitative estimate of drug-likeness (QED) is 0.327. The number of aromatic nitrogens is 2. The summed E-state index contributed by atoms with van der Waals surface area (Å²) in [5.74, 6) is -1.21. The molecule has 1 rings (SSSR count). The number of imidazole rings is 1. The predicted molar refractivity (Wildman–Crippen MR) is 94.7 cm³/mol. The fourth-order valence-corrected chi connectivity index (χ4v) is 2.28. The van der Waals surface area contributed by atoms with Gasteiger partial charge in [0.15, 0.2) is 0 Å². The fraction of sp³-hybridized carbons (Fsp3) is 0.647. The molecular formula is C17H28N4O5. The van der Waals surface area contributed by atoms with Gasteiger partial charge in [0.25, 0.3) is 0 Å². The van der Waals surface area contributed by atoms with Gasteiger partial charge in [0.05, 0.1) is 12.9 Å². The first kappa shape index (κ1) is 21.8. The lowest BCUT2D eigenvalue weighted by Gasteiger charge is -2.14. The number of ether oxygens (including phenoxy) is 1. The highest BCUT2D eigenvalue weighted by Gasteiger charge is 2.17. The number of carboxylic acid groups (broad SMARTS) is 1. The molecule has 0 unspecified atom stereocenters. The molecule has 1 aromatic heterocycles. The Morgan fingerprint density at radius 1 is 1.35 bits per heavy atom. The number of carboxylic acids is 1. The van der Waals surface area contributed by atoms with Crippen molar-refractivity contribution in [2.75, 3.05) is 26.3 Å². The molecule has 0 bridgehead atoms. The second kappa shape index (κ2) is 13.0. The third-order valence-corrected chi connectivity index (χ3v) is 3.75. The summed E-state index contributed by atoms with van der Waals surface area (Å²) < 4.78 is 4.98. The number of aryl methyl sites for hydroxylation is 1. The van der Waals surface area contributed by atoms with E-state index < -0.39 is 12.0 Å². The Balaban J connectivity index is 2.15. The van der Waals surface area contributed by atoms with E-state index in [2.05, 4.69) is 20.6 Å². The smallest absolute Gasteiger partial charge is 0.320 e. The summed E-state index contributed by atoms with van der Waals surface area (Å²) >= 11 is 0. The molecule has 146 valence electrons. The SMILES string of the molecule is CCOCC(=O)NCCCC[C@H](NCC(=O)CCc1cnc[nH]1)C(=O)O. The lowest BCUT2D eigenvalue weighted by atomic mass is 10.1. The van der Waals surface area contributed by atoms with Crippen molar-refractivity contribution in [2.45, 2.75) is 45.1 Å². The van der Waals surface area contributed by atoms with Crippen LogP contribution in [0.2, 0.25) is 0 Å². The maximum absolute atomic E-state index is 11.9. The molecule has 0 fully saturated rings. The average molecular weight is 368 g/mol. The lowest BCUT2D eigenvalue weighted by molar-refractivity contribution is -0.139. The summed E-state index contributed by atoms with van der Waals surface area (Å²) in [7, 11) is 0. The second-order valence-electron chi connectivity index (χ2n) is 5.87. The lowest BCUT2D eigenvalue weighted by Crippen LogP contribution is -2.39. The number of rotatable bonds is 15. The predicted octanol–water partition coefficient (Wildman–Crippen LogP) is 0.277. The summed E-state index contributed by atoms with van der Waals surface area (Å²) in [5, 5.41) is 14.7. The number of carbonyl (C=O) groups is 3. The monoisotopic (exact) mass is 368 g/mol. The maximum Gasteiger partial charge on any atom is 0.320 e. The standard InChI is InChI=1S/C17H28N4O5/c1-2-26-11-16(23)19-8-4-3-5-15(17(24)25)20-10-14(22)7-6-13-9-18-12-21-13/h9,12,15,20H,2-8,10-11H2,1H3,(H,18,21)(H,19,23)(H,24,25)/t15-/m0/s1. The molecule has 0 aliphatic rings. The van der Waals surface area contributed by atoms with Gasteiger partial charge < -0.3 is 20.1 Å². The number of nitrogens with one attached hydrogen (secondary N) is 3. The van der Waals surface area contributed by atoms with Crippen molar-refractivity contribution < 1.29 is 24.2 Å². The molecule has 9 heteroatoms. The van der Waals surface area contributed by atoms with Gasteiger partial charge in [-0.05, 0) is 32.6 Å². The van der Waals surface area contributed by atoms with Gasteiger partial charge in [-0.2, -0.15) is 0 Å². The van der Waals surface area contributed by atoms with Gasteiger partial charge in [-0.15, -0.1) is 0 Å². The number of hydrogen-bond acceptors (Lipinski definition) is 6. The minimum absolute atomic E-state index is 0.0240. The average Bonchev–Trinajstić information content (AvgIpc) is 3.13. The normalized spacial score (nSPS) is 11.9. The summed E-state index contributed by atoms with van der Waals surface area (Å²) in [6.45, 7) is 2.84. The largest absolute Gasteiger partial charge is 0.480 e. The Morgan fingerprint density at radius 2 is 2.15 bits per heavy atom. The van der Waals surface area contributed by atoms with Crippen LogP contribution in [0.15, 0.2) is 12.5 Å². The number of carbonyl (C=O) groups excluding carboxylic acids is 2. The molecular weight excluding hydrogens is 340 g/mol. The van der Waals surface area contributed by atoms with Gasteiger partial charge in [0.2, 0.25) is 5.91 Å². The van der Waals surface area contributed by atoms with Crippen molar-refractivity contribution in [2.24, 2.45) is 0 Å². The maximum atomic E-state index is 11.9. The zero-order valence-electron chi connectivity index (χ0n) is 15.1. The Bertz CT molecular complexity index is 547. The Kier molecular flexibility index (Phi) is 10.9. The molecule has 0 aromatic carbocycles. The van der Waals surface area contributed by atoms with Gasteiger partial charge in [0.1, 0.15) is 18.4 Å². The number of Topliss-reactive ketones (excluding diaryl/α,β-unsaturated/α-hetero) is 1. The molecule has 0 saturated heterocycles. The molecule has 0 radical (unpaired) electrons. The molecule has 1 amide bonds. The minimum atomic E-state index is -0.980. The second-order valence-corrected chi connectivity index (χ2v) is 5.87. The van der Waals surface area contributed by atoms with E-state index in [1.54, 1.807) is 12.5 Å². The zero-order chi connectivity index (χ0) is 19.2. The van der Waals surface area contributed by atoms with E-state index in [9.17, 15) is 19.5 Å². The van der Waals surface area contributed by atoms with Crippen LogP contribution < -0.4 is 10.6 Å². The number of amides is 1. The van der Waals surface area contributed by atoms with Crippen molar-refractivity contribution in [1.29, 1.82) is 0 Å². The first-order valence-corrected chi connectivity index (χ1v) is 8.82. The zero-order valence-corrected chi connectivity index (χ0v) is 15.1.